The summed E-state index contributed by atoms with van der Waals surface area (Å²) >= 11 is 1.04. The Morgan fingerprint density at radius 1 is 1.35 bits per heavy atom. The van der Waals surface area contributed by atoms with Gasteiger partial charge in [0.15, 0.2) is 0 Å². The van der Waals surface area contributed by atoms with Crippen LogP contribution in [0.4, 0.5) is 5.69 Å². The molecule has 0 aliphatic carbocycles. The number of benzene rings is 1. The first-order valence-electron chi connectivity index (χ1n) is 5.58. The average Bonchev–Trinajstić information content (AvgIpc) is 2.92. The number of carbonyl (C=O) groups excluding carboxylic acids is 1. The van der Waals surface area contributed by atoms with Crippen molar-refractivity contribution in [3.05, 3.63) is 24.3 Å². The highest BCUT2D eigenvalue weighted by atomic mass is 32.2. The number of anilines is 1. The van der Waals surface area contributed by atoms with Crippen molar-refractivity contribution < 1.29 is 14.7 Å². The number of carboxylic acids is 1. The Kier molecular flexibility index (Phi) is 4.66. The van der Waals surface area contributed by atoms with Gasteiger partial charge in [-0.15, -0.1) is 22.0 Å². The van der Waals surface area contributed by atoms with Gasteiger partial charge in [0.25, 0.3) is 0 Å². The molecule has 0 aliphatic heterocycles. The Balaban J connectivity index is 1.94. The van der Waals surface area contributed by atoms with Gasteiger partial charge < -0.3 is 10.4 Å². The number of aromatic nitrogens is 4. The molecule has 1 amide bonds. The molecule has 0 unspecified atom stereocenters. The number of thioether (sulfide) groups is 1. The predicted octanol–water partition coefficient (Wildman–Crippen LogP) is 0.623. The van der Waals surface area contributed by atoms with Gasteiger partial charge in [-0.05, 0) is 17.3 Å². The summed E-state index contributed by atoms with van der Waals surface area (Å²) in [5.41, 5.74) is 1.31. The van der Waals surface area contributed by atoms with Crippen molar-refractivity contribution in [3.63, 3.8) is 0 Å². The molecule has 3 N–H and O–H groups in total. The van der Waals surface area contributed by atoms with Crippen LogP contribution in [-0.2, 0) is 9.59 Å². The zero-order valence-electron chi connectivity index (χ0n) is 10.2. The SMILES string of the molecule is O=C(O)CSCC(=O)Nc1cccc(-c2nn[nH]n2)c1. The van der Waals surface area contributed by atoms with E-state index in [0.717, 1.165) is 17.3 Å². The monoisotopic (exact) mass is 293 g/mol. The second kappa shape index (κ2) is 6.66. The predicted molar refractivity (Wildman–Crippen MR) is 73.2 cm³/mol. The van der Waals surface area contributed by atoms with Crippen LogP contribution in [-0.4, -0.2) is 49.1 Å². The first kappa shape index (κ1) is 14.0. The minimum Gasteiger partial charge on any atom is -0.481 e. The molecule has 2 rings (SSSR count). The Bertz CT molecular complexity index is 602. The number of carbonyl (C=O) groups is 2. The molecular weight excluding hydrogens is 282 g/mol. The van der Waals surface area contributed by atoms with Gasteiger partial charge in [-0.1, -0.05) is 12.1 Å². The molecule has 0 radical (unpaired) electrons. The standard InChI is InChI=1S/C11H11N5O3S/c17-9(5-20-6-10(18)19)12-8-3-1-2-7(4-8)11-13-15-16-14-11/h1-4H,5-6H2,(H,12,17)(H,18,19)(H,13,14,15,16). The highest BCUT2D eigenvalue weighted by Gasteiger charge is 2.07. The fourth-order valence-corrected chi connectivity index (χ4v) is 1.98. The minimum atomic E-state index is -0.943. The normalized spacial score (nSPS) is 10.2. The first-order chi connectivity index (χ1) is 9.65. The molecule has 20 heavy (non-hydrogen) atoms. The lowest BCUT2D eigenvalue weighted by Gasteiger charge is -2.05. The molecule has 0 fully saturated rings. The van der Waals surface area contributed by atoms with Crippen molar-refractivity contribution in [2.24, 2.45) is 0 Å². The van der Waals surface area contributed by atoms with E-state index in [1.165, 1.54) is 0 Å². The summed E-state index contributed by atoms with van der Waals surface area (Å²) in [6, 6.07) is 6.99. The van der Waals surface area contributed by atoms with Crippen LogP contribution < -0.4 is 5.32 Å². The highest BCUT2D eigenvalue weighted by molar-refractivity contribution is 8.00. The number of nitrogens with one attached hydrogen (secondary N) is 2. The zero-order valence-corrected chi connectivity index (χ0v) is 11.1. The summed E-state index contributed by atoms with van der Waals surface area (Å²) in [5.74, 6) is -0.792. The first-order valence-corrected chi connectivity index (χ1v) is 6.74. The Morgan fingerprint density at radius 2 is 2.20 bits per heavy atom. The molecule has 0 saturated heterocycles. The third kappa shape index (κ3) is 4.05. The number of hydrogen-bond acceptors (Lipinski definition) is 6. The fraction of sp³-hybridized carbons (Fsp3) is 0.182. The smallest absolute Gasteiger partial charge is 0.313 e. The molecule has 1 heterocycles. The lowest BCUT2D eigenvalue weighted by Crippen LogP contribution is -2.15. The summed E-state index contributed by atoms with van der Waals surface area (Å²) in [6.45, 7) is 0. The van der Waals surface area contributed by atoms with E-state index < -0.39 is 5.97 Å². The van der Waals surface area contributed by atoms with Gasteiger partial charge in [0, 0.05) is 11.3 Å². The summed E-state index contributed by atoms with van der Waals surface area (Å²) < 4.78 is 0. The number of hydrogen-bond donors (Lipinski definition) is 3. The van der Waals surface area contributed by atoms with Crippen LogP contribution in [0.15, 0.2) is 24.3 Å². The van der Waals surface area contributed by atoms with Crippen LogP contribution in [0.2, 0.25) is 0 Å². The molecule has 9 heteroatoms. The van der Waals surface area contributed by atoms with Crippen LogP contribution >= 0.6 is 11.8 Å². The highest BCUT2D eigenvalue weighted by Crippen LogP contribution is 2.18. The molecule has 1 aromatic heterocycles. The number of H-pyrrole nitrogens is 1. The van der Waals surface area contributed by atoms with Gasteiger partial charge in [-0.25, -0.2) is 0 Å². The lowest BCUT2D eigenvalue weighted by atomic mass is 10.2. The van der Waals surface area contributed by atoms with E-state index in [0.29, 0.717) is 11.5 Å². The van der Waals surface area contributed by atoms with E-state index in [4.69, 9.17) is 5.11 Å². The second-order valence-electron chi connectivity index (χ2n) is 3.75. The lowest BCUT2D eigenvalue weighted by molar-refractivity contribution is -0.133. The molecular formula is C11H11N5O3S. The number of rotatable bonds is 6. The molecule has 1 aromatic carbocycles. The number of carboxylic acid groups (broad SMARTS) is 1. The van der Waals surface area contributed by atoms with Crippen molar-refractivity contribution >= 4 is 29.3 Å². The van der Waals surface area contributed by atoms with E-state index >= 15 is 0 Å². The summed E-state index contributed by atoms with van der Waals surface area (Å²) in [5, 5.41) is 24.7. The van der Waals surface area contributed by atoms with E-state index in [2.05, 4.69) is 25.9 Å². The summed E-state index contributed by atoms with van der Waals surface area (Å²) in [6.07, 6.45) is 0. The van der Waals surface area contributed by atoms with Crippen LogP contribution in [0.25, 0.3) is 11.4 Å². The van der Waals surface area contributed by atoms with Crippen LogP contribution in [0, 0.1) is 0 Å². The molecule has 0 atom stereocenters. The number of tetrazole rings is 1. The maximum Gasteiger partial charge on any atom is 0.313 e. The van der Waals surface area contributed by atoms with Gasteiger partial charge in [-0.3, -0.25) is 9.59 Å². The van der Waals surface area contributed by atoms with E-state index in [1.807, 2.05) is 0 Å². The number of amides is 1. The van der Waals surface area contributed by atoms with Crippen molar-refractivity contribution in [2.75, 3.05) is 16.8 Å². The minimum absolute atomic E-state index is 0.0821. The Morgan fingerprint density at radius 3 is 2.90 bits per heavy atom. The number of aromatic amines is 1. The van der Waals surface area contributed by atoms with Crippen LogP contribution in [0.1, 0.15) is 0 Å². The fourth-order valence-electron chi connectivity index (χ4n) is 1.45. The summed E-state index contributed by atoms with van der Waals surface area (Å²) in [7, 11) is 0. The third-order valence-electron chi connectivity index (χ3n) is 2.21. The van der Waals surface area contributed by atoms with Gasteiger partial charge in [0.1, 0.15) is 0 Å². The van der Waals surface area contributed by atoms with Crippen molar-refractivity contribution in [1.29, 1.82) is 0 Å². The largest absolute Gasteiger partial charge is 0.481 e. The topological polar surface area (TPSA) is 121 Å². The summed E-state index contributed by atoms with van der Waals surface area (Å²) in [4.78, 5) is 22.0. The van der Waals surface area contributed by atoms with E-state index in [1.54, 1.807) is 24.3 Å². The van der Waals surface area contributed by atoms with Gasteiger partial charge in [-0.2, -0.15) is 5.21 Å². The van der Waals surface area contributed by atoms with E-state index in [-0.39, 0.29) is 17.4 Å². The maximum atomic E-state index is 11.6. The van der Waals surface area contributed by atoms with E-state index in [9.17, 15) is 9.59 Å². The zero-order chi connectivity index (χ0) is 14.4. The molecule has 104 valence electrons. The molecule has 0 spiro atoms. The average molecular weight is 293 g/mol. The van der Waals surface area contributed by atoms with Gasteiger partial charge in [0.2, 0.25) is 11.7 Å². The number of aliphatic carboxylic acids is 1. The van der Waals surface area contributed by atoms with Crippen molar-refractivity contribution in [3.8, 4) is 11.4 Å². The quantitative estimate of drug-likeness (QED) is 0.714. The molecule has 0 saturated carbocycles. The number of nitrogens with zero attached hydrogens (tertiary/aromatic N) is 3. The van der Waals surface area contributed by atoms with Crippen LogP contribution in [0.3, 0.4) is 0 Å². The third-order valence-corrected chi connectivity index (χ3v) is 3.13. The Labute approximate surface area is 118 Å². The molecule has 0 aliphatic rings. The molecule has 8 nitrogen and oxygen atoms in total. The molecule has 2 aromatic rings. The molecule has 0 bridgehead atoms. The maximum absolute atomic E-state index is 11.6. The van der Waals surface area contributed by atoms with Crippen molar-refractivity contribution in [1.82, 2.24) is 20.6 Å². The van der Waals surface area contributed by atoms with Crippen LogP contribution in [0.5, 0.6) is 0 Å². The van der Waals surface area contributed by atoms with Gasteiger partial charge >= 0.3 is 5.97 Å². The second-order valence-corrected chi connectivity index (χ2v) is 4.74. The Hall–Kier alpha value is -2.42. The van der Waals surface area contributed by atoms with Crippen molar-refractivity contribution in [2.45, 2.75) is 0 Å². The van der Waals surface area contributed by atoms with Gasteiger partial charge in [0.05, 0.1) is 11.5 Å².